The van der Waals surface area contributed by atoms with Crippen LogP contribution in [-0.2, 0) is 13.5 Å². The van der Waals surface area contributed by atoms with Crippen LogP contribution in [0.4, 0.5) is 0 Å². The molecule has 1 saturated carbocycles. The Bertz CT molecular complexity index is 1060. The summed E-state index contributed by atoms with van der Waals surface area (Å²) >= 11 is 0. The van der Waals surface area contributed by atoms with Crippen molar-refractivity contribution in [2.75, 3.05) is 7.05 Å². The average molecular weight is 351 g/mol. The first-order valence-electron chi connectivity index (χ1n) is 9.30. The standard InChI is InChI=1S/C20H25N5O/c1-22-15(12-13-8-4-3-5-9-13)17-18(21)25-16-11-7-6-10-14(16)23-20(25)24(2)19(17)26/h3-5,8-9,14,16,21-22H,6-7,10-12H2,1-2H3. The zero-order chi connectivity index (χ0) is 18.3. The molecule has 6 nitrogen and oxygen atoms in total. The number of nitrogens with one attached hydrogen (secondary N) is 2. The molecule has 0 amide bonds. The van der Waals surface area contributed by atoms with Gasteiger partial charge in [0.25, 0.3) is 5.56 Å². The van der Waals surface area contributed by atoms with Crippen LogP contribution in [-0.4, -0.2) is 22.2 Å². The van der Waals surface area contributed by atoms with Crippen LogP contribution in [0.15, 0.2) is 40.1 Å². The molecule has 2 atom stereocenters. The molecule has 26 heavy (non-hydrogen) atoms. The van der Waals surface area contributed by atoms with Gasteiger partial charge in [-0.05, 0) is 18.4 Å². The number of hydrogen-bond acceptors (Lipinski definition) is 4. The molecule has 1 aliphatic heterocycles. The highest BCUT2D eigenvalue weighted by Crippen LogP contribution is 2.30. The van der Waals surface area contributed by atoms with Gasteiger partial charge in [-0.25, -0.2) is 4.99 Å². The van der Waals surface area contributed by atoms with Crippen molar-refractivity contribution in [1.82, 2.24) is 14.5 Å². The minimum Gasteiger partial charge on any atom is -0.390 e. The lowest BCUT2D eigenvalue weighted by molar-refractivity contribution is 0.321. The average Bonchev–Trinajstić information content (AvgIpc) is 3.06. The third-order valence-electron chi connectivity index (χ3n) is 5.65. The van der Waals surface area contributed by atoms with Gasteiger partial charge in [0.1, 0.15) is 10.7 Å². The minimum atomic E-state index is -0.149. The number of fused-ring (bicyclic) bond motifs is 3. The van der Waals surface area contributed by atoms with Crippen LogP contribution in [0.25, 0.3) is 5.70 Å². The Hall–Kier alpha value is -2.63. The quantitative estimate of drug-likeness (QED) is 0.837. The maximum Gasteiger partial charge on any atom is 0.265 e. The summed E-state index contributed by atoms with van der Waals surface area (Å²) in [5, 5.41) is 12.5. The van der Waals surface area contributed by atoms with Gasteiger partial charge in [0, 0.05) is 26.2 Å². The lowest BCUT2D eigenvalue weighted by Gasteiger charge is -2.25. The summed E-state index contributed by atoms with van der Waals surface area (Å²) in [5.74, 6) is 0. The van der Waals surface area contributed by atoms with E-state index < -0.39 is 0 Å². The molecule has 2 aliphatic rings. The van der Waals surface area contributed by atoms with Gasteiger partial charge in [0.05, 0.1) is 12.1 Å². The molecule has 2 heterocycles. The Balaban J connectivity index is 1.97. The van der Waals surface area contributed by atoms with E-state index >= 15 is 0 Å². The SMILES string of the molecule is CNC(Cc1ccccc1)=c1c(=O)n(C)c2n(c1=N)C1CCCCC1N=2. The normalized spacial score (nSPS) is 22.2. The van der Waals surface area contributed by atoms with E-state index in [9.17, 15) is 4.79 Å². The van der Waals surface area contributed by atoms with Crippen molar-refractivity contribution in [3.05, 3.63) is 62.6 Å². The minimum absolute atomic E-state index is 0.149. The number of likely N-dealkylation sites (N-methyl/N-ethyl adjacent to an activating group) is 1. The first kappa shape index (κ1) is 16.8. The van der Waals surface area contributed by atoms with Gasteiger partial charge in [-0.3, -0.25) is 19.3 Å². The Labute approximate surface area is 152 Å². The van der Waals surface area contributed by atoms with Crippen molar-refractivity contribution < 1.29 is 0 Å². The molecule has 2 unspecified atom stereocenters. The maximum atomic E-state index is 13.1. The second-order valence-corrected chi connectivity index (χ2v) is 7.20. The maximum absolute atomic E-state index is 13.1. The number of benzene rings is 1. The Morgan fingerprint density at radius 2 is 2.00 bits per heavy atom. The first-order chi connectivity index (χ1) is 12.6. The molecule has 1 aromatic heterocycles. The van der Waals surface area contributed by atoms with Crippen LogP contribution < -0.4 is 27.2 Å². The lowest BCUT2D eigenvalue weighted by atomic mass is 9.91. The van der Waals surface area contributed by atoms with Crippen LogP contribution in [0.2, 0.25) is 0 Å². The fraction of sp³-hybridized carbons (Fsp3) is 0.450. The highest BCUT2D eigenvalue weighted by atomic mass is 16.1. The van der Waals surface area contributed by atoms with Gasteiger partial charge in [-0.15, -0.1) is 0 Å². The zero-order valence-corrected chi connectivity index (χ0v) is 15.3. The van der Waals surface area contributed by atoms with E-state index in [1.807, 2.05) is 41.9 Å². The second kappa shape index (κ2) is 6.59. The smallest absolute Gasteiger partial charge is 0.265 e. The highest BCUT2D eigenvalue weighted by Gasteiger charge is 2.33. The van der Waals surface area contributed by atoms with Gasteiger partial charge < -0.3 is 5.32 Å². The van der Waals surface area contributed by atoms with Crippen molar-refractivity contribution in [1.29, 1.82) is 5.41 Å². The van der Waals surface area contributed by atoms with E-state index in [4.69, 9.17) is 10.4 Å². The van der Waals surface area contributed by atoms with Gasteiger partial charge in [-0.1, -0.05) is 43.2 Å². The van der Waals surface area contributed by atoms with Crippen molar-refractivity contribution in [2.24, 2.45) is 12.0 Å². The molecule has 1 aliphatic carbocycles. The van der Waals surface area contributed by atoms with Gasteiger partial charge in [0.15, 0.2) is 0 Å². The molecule has 1 aromatic carbocycles. The van der Waals surface area contributed by atoms with Crippen molar-refractivity contribution >= 4 is 5.70 Å². The molecule has 0 saturated heterocycles. The van der Waals surface area contributed by atoms with Crippen molar-refractivity contribution in [3.8, 4) is 0 Å². The summed E-state index contributed by atoms with van der Waals surface area (Å²) in [5.41, 5.74) is 2.70. The van der Waals surface area contributed by atoms with Crippen LogP contribution in [0.5, 0.6) is 0 Å². The monoisotopic (exact) mass is 351 g/mol. The lowest BCUT2D eigenvalue weighted by Crippen LogP contribution is -2.59. The van der Waals surface area contributed by atoms with Crippen molar-refractivity contribution in [3.63, 3.8) is 0 Å². The molecule has 0 bridgehead atoms. The van der Waals surface area contributed by atoms with Crippen molar-refractivity contribution in [2.45, 2.75) is 44.2 Å². The third-order valence-corrected chi connectivity index (χ3v) is 5.65. The molecule has 136 valence electrons. The van der Waals surface area contributed by atoms with Crippen LogP contribution in [0.1, 0.15) is 37.3 Å². The zero-order valence-electron chi connectivity index (χ0n) is 15.3. The summed E-state index contributed by atoms with van der Waals surface area (Å²) in [6.07, 6.45) is 5.01. The fourth-order valence-electron chi connectivity index (χ4n) is 4.27. The first-order valence-corrected chi connectivity index (χ1v) is 9.30. The molecular formula is C20H25N5O. The third kappa shape index (κ3) is 2.60. The van der Waals surface area contributed by atoms with E-state index in [1.165, 1.54) is 6.42 Å². The van der Waals surface area contributed by atoms with Gasteiger partial charge in [-0.2, -0.15) is 0 Å². The second-order valence-electron chi connectivity index (χ2n) is 7.20. The number of rotatable bonds is 3. The summed E-state index contributed by atoms with van der Waals surface area (Å²) in [6.45, 7) is 0. The Kier molecular flexibility index (Phi) is 4.26. The molecule has 0 spiro atoms. The van der Waals surface area contributed by atoms with E-state index in [-0.39, 0.29) is 17.6 Å². The van der Waals surface area contributed by atoms with E-state index in [0.29, 0.717) is 22.7 Å². The molecule has 4 rings (SSSR count). The van der Waals surface area contributed by atoms with Crippen LogP contribution >= 0.6 is 0 Å². The summed E-state index contributed by atoms with van der Waals surface area (Å²) < 4.78 is 3.61. The Morgan fingerprint density at radius 1 is 1.27 bits per heavy atom. The highest BCUT2D eigenvalue weighted by molar-refractivity contribution is 5.46. The molecular weight excluding hydrogens is 326 g/mol. The molecule has 2 aromatic rings. The molecule has 6 heteroatoms. The summed E-state index contributed by atoms with van der Waals surface area (Å²) in [7, 11) is 3.59. The summed E-state index contributed by atoms with van der Waals surface area (Å²) in [4.78, 5) is 17.8. The number of hydrogen-bond donors (Lipinski definition) is 2. The predicted molar refractivity (Wildman–Crippen MR) is 100 cm³/mol. The van der Waals surface area contributed by atoms with E-state index in [0.717, 1.165) is 30.5 Å². The van der Waals surface area contributed by atoms with Gasteiger partial charge >= 0.3 is 0 Å². The van der Waals surface area contributed by atoms with Crippen LogP contribution in [0.3, 0.4) is 0 Å². The Morgan fingerprint density at radius 3 is 2.73 bits per heavy atom. The number of aromatic nitrogens is 2. The summed E-state index contributed by atoms with van der Waals surface area (Å²) in [6, 6.07) is 10.5. The van der Waals surface area contributed by atoms with Crippen LogP contribution in [0, 0.1) is 5.41 Å². The largest absolute Gasteiger partial charge is 0.390 e. The topological polar surface area (TPSA) is 75.2 Å². The molecule has 0 radical (unpaired) electrons. The van der Waals surface area contributed by atoms with Gasteiger partial charge in [0.2, 0.25) is 5.62 Å². The van der Waals surface area contributed by atoms with E-state index in [1.54, 1.807) is 11.6 Å². The van der Waals surface area contributed by atoms with E-state index in [2.05, 4.69) is 5.32 Å². The number of nitrogens with zero attached hydrogens (tertiary/aromatic N) is 3. The fourth-order valence-corrected chi connectivity index (χ4v) is 4.27. The molecule has 2 N–H and O–H groups in total. The molecule has 1 fully saturated rings. The predicted octanol–water partition coefficient (Wildman–Crippen LogP) is 0.353.